The summed E-state index contributed by atoms with van der Waals surface area (Å²) >= 11 is 3.54. The van der Waals surface area contributed by atoms with E-state index in [-0.39, 0.29) is 5.92 Å². The third kappa shape index (κ3) is 3.65. The number of amides is 1. The molecule has 0 unspecified atom stereocenters. The van der Waals surface area contributed by atoms with Crippen LogP contribution in [-0.4, -0.2) is 48.2 Å². The maximum absolute atomic E-state index is 12.7. The van der Waals surface area contributed by atoms with Crippen LogP contribution in [0.25, 0.3) is 10.2 Å². The number of aromatic nitrogens is 1. The molecule has 0 atom stereocenters. The predicted octanol–water partition coefficient (Wildman–Crippen LogP) is 4.25. The van der Waals surface area contributed by atoms with Crippen molar-refractivity contribution >= 4 is 44.4 Å². The van der Waals surface area contributed by atoms with Crippen molar-refractivity contribution in [3.63, 3.8) is 0 Å². The maximum Gasteiger partial charge on any atom is 0.225 e. The number of carbonyl (C=O) groups is 1. The lowest BCUT2D eigenvalue weighted by Crippen LogP contribution is -2.50. The monoisotopic (exact) mass is 375 g/mol. The molecule has 1 aromatic heterocycles. The minimum Gasteiger partial charge on any atom is -0.345 e. The van der Waals surface area contributed by atoms with Crippen LogP contribution in [0.4, 0.5) is 5.13 Å². The Kier molecular flexibility index (Phi) is 5.17. The lowest BCUT2D eigenvalue weighted by Gasteiger charge is -2.37. The number of hydrogen-bond acceptors (Lipinski definition) is 5. The summed E-state index contributed by atoms with van der Waals surface area (Å²) in [5.74, 6) is 0.681. The average molecular weight is 376 g/mol. The van der Waals surface area contributed by atoms with Crippen LogP contribution in [0.3, 0.4) is 0 Å². The lowest BCUT2D eigenvalue weighted by atomic mass is 9.88. The van der Waals surface area contributed by atoms with Gasteiger partial charge in [0, 0.05) is 37.0 Å². The molecule has 2 aromatic rings. The van der Waals surface area contributed by atoms with Crippen LogP contribution in [0.15, 0.2) is 23.1 Å². The van der Waals surface area contributed by atoms with Gasteiger partial charge in [0.1, 0.15) is 0 Å². The summed E-state index contributed by atoms with van der Waals surface area (Å²) in [6.07, 6.45) is 8.03. The first-order chi connectivity index (χ1) is 12.2. The third-order valence-electron chi connectivity index (χ3n) is 5.40. The highest BCUT2D eigenvalue weighted by molar-refractivity contribution is 7.98. The van der Waals surface area contributed by atoms with Crippen LogP contribution in [-0.2, 0) is 4.79 Å². The van der Waals surface area contributed by atoms with Crippen LogP contribution >= 0.6 is 23.1 Å². The van der Waals surface area contributed by atoms with Gasteiger partial charge in [0.05, 0.1) is 10.2 Å². The molecule has 25 heavy (non-hydrogen) atoms. The van der Waals surface area contributed by atoms with E-state index in [2.05, 4.69) is 34.3 Å². The molecule has 4 nitrogen and oxygen atoms in total. The van der Waals surface area contributed by atoms with Gasteiger partial charge in [0.2, 0.25) is 5.91 Å². The van der Waals surface area contributed by atoms with Gasteiger partial charge in [-0.2, -0.15) is 0 Å². The van der Waals surface area contributed by atoms with Crippen LogP contribution in [0.2, 0.25) is 0 Å². The number of anilines is 1. The highest BCUT2D eigenvalue weighted by Gasteiger charge is 2.29. The van der Waals surface area contributed by atoms with Gasteiger partial charge in [-0.3, -0.25) is 4.79 Å². The van der Waals surface area contributed by atoms with E-state index in [1.807, 2.05) is 0 Å². The second-order valence-corrected chi connectivity index (χ2v) is 8.87. The first kappa shape index (κ1) is 17.2. The number of carbonyl (C=O) groups excluding carboxylic acids is 1. The van der Waals surface area contributed by atoms with E-state index in [9.17, 15) is 4.79 Å². The molecule has 1 aliphatic heterocycles. The zero-order valence-corrected chi connectivity index (χ0v) is 16.4. The fraction of sp³-hybridized carbons (Fsp3) is 0.579. The number of thiazole rings is 1. The van der Waals surface area contributed by atoms with E-state index < -0.39 is 0 Å². The van der Waals surface area contributed by atoms with E-state index >= 15 is 0 Å². The highest BCUT2D eigenvalue weighted by atomic mass is 32.2. The largest absolute Gasteiger partial charge is 0.345 e. The van der Waals surface area contributed by atoms with E-state index in [4.69, 9.17) is 4.98 Å². The number of thioether (sulfide) groups is 1. The van der Waals surface area contributed by atoms with Crippen LogP contribution in [0, 0.1) is 5.92 Å². The molecule has 1 saturated carbocycles. The van der Waals surface area contributed by atoms with Crippen molar-refractivity contribution in [2.24, 2.45) is 5.92 Å². The standard InChI is InChI=1S/C19H25N3OS2/c1-24-15-7-8-16-17(13-15)25-19(20-16)22-11-9-21(10-12-22)18(23)14-5-3-2-4-6-14/h7-8,13-14H,2-6,9-12H2,1H3. The van der Waals surface area contributed by atoms with E-state index in [1.165, 1.54) is 28.9 Å². The van der Waals surface area contributed by atoms with Crippen LogP contribution in [0.5, 0.6) is 0 Å². The number of rotatable bonds is 3. The normalized spacial score (nSPS) is 19.6. The van der Waals surface area contributed by atoms with Crippen molar-refractivity contribution in [3.8, 4) is 0 Å². The molecule has 0 N–H and O–H groups in total. The Morgan fingerprint density at radius 3 is 2.64 bits per heavy atom. The number of nitrogens with zero attached hydrogens (tertiary/aromatic N) is 3. The Labute approximate surface area is 157 Å². The zero-order valence-electron chi connectivity index (χ0n) is 14.7. The zero-order chi connectivity index (χ0) is 17.2. The summed E-state index contributed by atoms with van der Waals surface area (Å²) < 4.78 is 1.25. The molecule has 2 aliphatic rings. The molecule has 4 rings (SSSR count). The van der Waals surface area contributed by atoms with Gasteiger partial charge in [-0.15, -0.1) is 11.8 Å². The summed E-state index contributed by atoms with van der Waals surface area (Å²) in [5.41, 5.74) is 1.08. The summed E-state index contributed by atoms with van der Waals surface area (Å²) in [6.45, 7) is 3.46. The Morgan fingerprint density at radius 1 is 1.16 bits per heavy atom. The fourth-order valence-corrected chi connectivity index (χ4v) is 5.45. The second-order valence-electron chi connectivity index (χ2n) is 6.98. The summed E-state index contributed by atoms with van der Waals surface area (Å²) in [6, 6.07) is 6.48. The molecule has 0 radical (unpaired) electrons. The molecule has 0 bridgehead atoms. The molecule has 2 fully saturated rings. The highest BCUT2D eigenvalue weighted by Crippen LogP contribution is 2.32. The van der Waals surface area contributed by atoms with Crippen molar-refractivity contribution in [1.82, 2.24) is 9.88 Å². The Morgan fingerprint density at radius 2 is 1.92 bits per heavy atom. The quantitative estimate of drug-likeness (QED) is 0.752. The van der Waals surface area contributed by atoms with Gasteiger partial charge in [0.15, 0.2) is 5.13 Å². The Hall–Kier alpha value is -1.27. The maximum atomic E-state index is 12.7. The van der Waals surface area contributed by atoms with Gasteiger partial charge in [-0.1, -0.05) is 30.6 Å². The fourth-order valence-electron chi connectivity index (χ4n) is 3.88. The lowest BCUT2D eigenvalue weighted by molar-refractivity contribution is -0.136. The summed E-state index contributed by atoms with van der Waals surface area (Å²) in [4.78, 5) is 23.2. The Bertz CT molecular complexity index is 746. The van der Waals surface area contributed by atoms with Crippen LogP contribution < -0.4 is 4.90 Å². The van der Waals surface area contributed by atoms with Crippen molar-refractivity contribution < 1.29 is 4.79 Å². The number of fused-ring (bicyclic) bond motifs is 1. The van der Waals surface area contributed by atoms with E-state index in [0.29, 0.717) is 5.91 Å². The average Bonchev–Trinajstić information content (AvgIpc) is 3.11. The molecule has 2 heterocycles. The molecular weight excluding hydrogens is 350 g/mol. The summed E-state index contributed by atoms with van der Waals surface area (Å²) in [7, 11) is 0. The minimum atomic E-state index is 0.285. The van der Waals surface area contributed by atoms with Crippen molar-refractivity contribution in [3.05, 3.63) is 18.2 Å². The molecule has 1 saturated heterocycles. The molecule has 0 spiro atoms. The van der Waals surface area contributed by atoms with E-state index in [0.717, 1.165) is 49.7 Å². The smallest absolute Gasteiger partial charge is 0.225 e. The van der Waals surface area contributed by atoms with Crippen molar-refractivity contribution in [2.75, 3.05) is 37.3 Å². The topological polar surface area (TPSA) is 36.4 Å². The third-order valence-corrected chi connectivity index (χ3v) is 7.20. The minimum absolute atomic E-state index is 0.285. The van der Waals surface area contributed by atoms with Gasteiger partial charge >= 0.3 is 0 Å². The SMILES string of the molecule is CSc1ccc2nc(N3CCN(C(=O)C4CCCCC4)CC3)sc2c1. The first-order valence-electron chi connectivity index (χ1n) is 9.23. The number of hydrogen-bond donors (Lipinski definition) is 0. The molecule has 1 aliphatic carbocycles. The summed E-state index contributed by atoms with van der Waals surface area (Å²) in [5, 5.41) is 1.10. The second kappa shape index (κ2) is 7.54. The predicted molar refractivity (Wildman–Crippen MR) is 107 cm³/mol. The molecule has 1 aromatic carbocycles. The molecule has 6 heteroatoms. The van der Waals surface area contributed by atoms with Gasteiger partial charge in [0.25, 0.3) is 0 Å². The number of benzene rings is 1. The van der Waals surface area contributed by atoms with E-state index in [1.54, 1.807) is 23.1 Å². The van der Waals surface area contributed by atoms with Crippen molar-refractivity contribution in [2.45, 2.75) is 37.0 Å². The Balaban J connectivity index is 1.40. The van der Waals surface area contributed by atoms with Gasteiger partial charge < -0.3 is 9.80 Å². The molecular formula is C19H25N3OS2. The molecule has 1 amide bonds. The molecule has 134 valence electrons. The number of piperazine rings is 1. The van der Waals surface area contributed by atoms with Gasteiger partial charge in [-0.05, 0) is 37.3 Å². The van der Waals surface area contributed by atoms with Crippen molar-refractivity contribution in [1.29, 1.82) is 0 Å². The van der Waals surface area contributed by atoms with Gasteiger partial charge in [-0.25, -0.2) is 4.98 Å². The first-order valence-corrected chi connectivity index (χ1v) is 11.3. The van der Waals surface area contributed by atoms with Crippen LogP contribution in [0.1, 0.15) is 32.1 Å².